The van der Waals surface area contributed by atoms with Gasteiger partial charge in [-0.2, -0.15) is 0 Å². The molecule has 1 aromatic carbocycles. The molecule has 1 aromatic heterocycles. The van der Waals surface area contributed by atoms with Crippen LogP contribution in [0, 0.1) is 19.7 Å². The summed E-state index contributed by atoms with van der Waals surface area (Å²) in [7, 11) is 0. The van der Waals surface area contributed by atoms with Crippen LogP contribution >= 0.6 is 11.3 Å². The van der Waals surface area contributed by atoms with Gasteiger partial charge in [0.1, 0.15) is 10.8 Å². The molecule has 0 aliphatic heterocycles. The molecule has 2 aromatic rings. The summed E-state index contributed by atoms with van der Waals surface area (Å²) in [5, 5.41) is 4.51. The lowest BCUT2D eigenvalue weighted by Gasteiger charge is -2.16. The van der Waals surface area contributed by atoms with Gasteiger partial charge in [0.15, 0.2) is 0 Å². The zero-order valence-corrected chi connectivity index (χ0v) is 13.3. The van der Waals surface area contributed by atoms with Gasteiger partial charge in [0.25, 0.3) is 0 Å². The standard InChI is InChI=1S/C16H21FN2S/c1-5-14-11(4)20-16(19-14)15(18-6-2)12-7-8-13(17)10(3)9-12/h7-9,15,18H,5-6H2,1-4H3. The van der Waals surface area contributed by atoms with Crippen LogP contribution < -0.4 is 5.32 Å². The molecule has 0 fully saturated rings. The maximum atomic E-state index is 13.4. The normalized spacial score (nSPS) is 12.7. The van der Waals surface area contributed by atoms with Crippen molar-refractivity contribution in [2.24, 2.45) is 0 Å². The van der Waals surface area contributed by atoms with Gasteiger partial charge in [-0.3, -0.25) is 0 Å². The van der Waals surface area contributed by atoms with Gasteiger partial charge in [-0.05, 0) is 44.0 Å². The van der Waals surface area contributed by atoms with Crippen LogP contribution in [0.5, 0.6) is 0 Å². The highest BCUT2D eigenvalue weighted by Gasteiger charge is 2.19. The molecule has 1 unspecified atom stereocenters. The second-order valence-electron chi connectivity index (χ2n) is 4.91. The van der Waals surface area contributed by atoms with E-state index in [1.807, 2.05) is 12.1 Å². The molecule has 4 heteroatoms. The first-order valence-corrected chi connectivity index (χ1v) is 7.84. The Hall–Kier alpha value is -1.26. The minimum absolute atomic E-state index is 0.0447. The number of aryl methyl sites for hydroxylation is 3. The van der Waals surface area contributed by atoms with Crippen molar-refractivity contribution >= 4 is 11.3 Å². The minimum Gasteiger partial charge on any atom is -0.305 e. The van der Waals surface area contributed by atoms with Gasteiger partial charge in [0, 0.05) is 4.88 Å². The van der Waals surface area contributed by atoms with Crippen molar-refractivity contribution in [2.75, 3.05) is 6.54 Å². The summed E-state index contributed by atoms with van der Waals surface area (Å²) in [6, 6.07) is 5.34. The predicted molar refractivity (Wildman–Crippen MR) is 82.9 cm³/mol. The molecule has 1 N–H and O–H groups in total. The van der Waals surface area contributed by atoms with Crippen molar-refractivity contribution in [3.8, 4) is 0 Å². The average Bonchev–Trinajstić information content (AvgIpc) is 2.80. The van der Waals surface area contributed by atoms with Gasteiger partial charge in [-0.15, -0.1) is 11.3 Å². The van der Waals surface area contributed by atoms with Crippen molar-refractivity contribution in [3.63, 3.8) is 0 Å². The second-order valence-corrected chi connectivity index (χ2v) is 6.14. The number of hydrogen-bond donors (Lipinski definition) is 1. The van der Waals surface area contributed by atoms with Crippen LogP contribution in [0.4, 0.5) is 4.39 Å². The van der Waals surface area contributed by atoms with Gasteiger partial charge >= 0.3 is 0 Å². The van der Waals surface area contributed by atoms with Crippen molar-refractivity contribution in [3.05, 3.63) is 50.7 Å². The summed E-state index contributed by atoms with van der Waals surface area (Å²) in [4.78, 5) is 6.01. The van der Waals surface area contributed by atoms with Crippen molar-refractivity contribution in [1.82, 2.24) is 10.3 Å². The van der Waals surface area contributed by atoms with E-state index in [9.17, 15) is 4.39 Å². The third-order valence-electron chi connectivity index (χ3n) is 3.41. The molecule has 1 atom stereocenters. The van der Waals surface area contributed by atoms with Gasteiger partial charge in [-0.25, -0.2) is 9.37 Å². The first-order valence-electron chi connectivity index (χ1n) is 7.02. The lowest BCUT2D eigenvalue weighted by atomic mass is 10.0. The fourth-order valence-corrected chi connectivity index (χ4v) is 3.42. The van der Waals surface area contributed by atoms with Crippen LogP contribution in [0.3, 0.4) is 0 Å². The van der Waals surface area contributed by atoms with E-state index in [-0.39, 0.29) is 11.9 Å². The number of thiazole rings is 1. The lowest BCUT2D eigenvalue weighted by Crippen LogP contribution is -2.22. The first-order chi connectivity index (χ1) is 9.56. The molecular weight excluding hydrogens is 271 g/mol. The highest BCUT2D eigenvalue weighted by molar-refractivity contribution is 7.11. The van der Waals surface area contributed by atoms with E-state index in [4.69, 9.17) is 4.98 Å². The topological polar surface area (TPSA) is 24.9 Å². The smallest absolute Gasteiger partial charge is 0.126 e. The van der Waals surface area contributed by atoms with Crippen LogP contribution in [0.25, 0.3) is 0 Å². The van der Waals surface area contributed by atoms with E-state index in [0.717, 1.165) is 29.2 Å². The SMILES string of the molecule is CCNC(c1ccc(F)c(C)c1)c1nc(CC)c(C)s1. The Bertz CT molecular complexity index is 592. The Kier molecular flexibility index (Phi) is 4.89. The molecule has 0 aliphatic rings. The number of rotatable bonds is 5. The summed E-state index contributed by atoms with van der Waals surface area (Å²) >= 11 is 1.72. The minimum atomic E-state index is -0.159. The molecule has 20 heavy (non-hydrogen) atoms. The summed E-state index contributed by atoms with van der Waals surface area (Å²) in [6.07, 6.45) is 0.948. The lowest BCUT2D eigenvalue weighted by molar-refractivity contribution is 0.604. The Morgan fingerprint density at radius 2 is 2.05 bits per heavy atom. The molecule has 0 saturated heterocycles. The Morgan fingerprint density at radius 3 is 2.60 bits per heavy atom. The highest BCUT2D eigenvalue weighted by Crippen LogP contribution is 2.29. The van der Waals surface area contributed by atoms with Crippen LogP contribution in [0.15, 0.2) is 18.2 Å². The second kappa shape index (κ2) is 6.46. The number of nitrogens with one attached hydrogen (secondary N) is 1. The van der Waals surface area contributed by atoms with E-state index >= 15 is 0 Å². The number of halogens is 1. The predicted octanol–water partition coefficient (Wildman–Crippen LogP) is 4.16. The summed E-state index contributed by atoms with van der Waals surface area (Å²) in [6.45, 7) is 8.95. The fraction of sp³-hybridized carbons (Fsp3) is 0.438. The molecule has 0 aliphatic carbocycles. The molecule has 0 spiro atoms. The van der Waals surface area contributed by atoms with Crippen molar-refractivity contribution < 1.29 is 4.39 Å². The van der Waals surface area contributed by atoms with Gasteiger partial charge in [0.2, 0.25) is 0 Å². The van der Waals surface area contributed by atoms with E-state index in [1.54, 1.807) is 18.3 Å². The molecular formula is C16H21FN2S. The quantitative estimate of drug-likeness (QED) is 0.895. The Morgan fingerprint density at radius 1 is 1.30 bits per heavy atom. The number of nitrogens with zero attached hydrogens (tertiary/aromatic N) is 1. The van der Waals surface area contributed by atoms with Crippen molar-refractivity contribution in [1.29, 1.82) is 0 Å². The molecule has 0 saturated carbocycles. The summed E-state index contributed by atoms with van der Waals surface area (Å²) in [5.74, 6) is -0.159. The molecule has 0 amide bonds. The molecule has 2 nitrogen and oxygen atoms in total. The van der Waals surface area contributed by atoms with Gasteiger partial charge in [-0.1, -0.05) is 26.0 Å². The van der Waals surface area contributed by atoms with Crippen molar-refractivity contribution in [2.45, 2.75) is 40.2 Å². The zero-order chi connectivity index (χ0) is 14.7. The van der Waals surface area contributed by atoms with Crippen LogP contribution in [0.2, 0.25) is 0 Å². The van der Waals surface area contributed by atoms with E-state index in [1.165, 1.54) is 10.9 Å². The van der Waals surface area contributed by atoms with E-state index < -0.39 is 0 Å². The van der Waals surface area contributed by atoms with Crippen LogP contribution in [-0.4, -0.2) is 11.5 Å². The molecule has 0 bridgehead atoms. The third kappa shape index (κ3) is 3.07. The largest absolute Gasteiger partial charge is 0.305 e. The average molecular weight is 292 g/mol. The number of hydrogen-bond acceptors (Lipinski definition) is 3. The Labute approximate surface area is 124 Å². The Balaban J connectivity index is 2.41. The van der Waals surface area contributed by atoms with Crippen LogP contribution in [-0.2, 0) is 6.42 Å². The first kappa shape index (κ1) is 15.1. The molecule has 0 radical (unpaired) electrons. The highest BCUT2D eigenvalue weighted by atomic mass is 32.1. The maximum Gasteiger partial charge on any atom is 0.126 e. The fourth-order valence-electron chi connectivity index (χ4n) is 2.30. The van der Waals surface area contributed by atoms with Crippen LogP contribution in [0.1, 0.15) is 46.6 Å². The summed E-state index contributed by atoms with van der Waals surface area (Å²) in [5.41, 5.74) is 2.91. The third-order valence-corrected chi connectivity index (χ3v) is 4.49. The van der Waals surface area contributed by atoms with Gasteiger partial charge < -0.3 is 5.32 Å². The van der Waals surface area contributed by atoms with E-state index in [0.29, 0.717) is 5.56 Å². The molecule has 1 heterocycles. The van der Waals surface area contributed by atoms with Gasteiger partial charge in [0.05, 0.1) is 11.7 Å². The monoisotopic (exact) mass is 292 g/mol. The van der Waals surface area contributed by atoms with E-state index in [2.05, 4.69) is 26.1 Å². The molecule has 108 valence electrons. The summed E-state index contributed by atoms with van der Waals surface area (Å²) < 4.78 is 13.4. The maximum absolute atomic E-state index is 13.4. The number of benzene rings is 1. The number of aromatic nitrogens is 1. The zero-order valence-electron chi connectivity index (χ0n) is 12.5. The molecule has 2 rings (SSSR count).